The van der Waals surface area contributed by atoms with Crippen molar-refractivity contribution in [3.8, 4) is 22.8 Å². The van der Waals surface area contributed by atoms with E-state index in [2.05, 4.69) is 40.2 Å². The summed E-state index contributed by atoms with van der Waals surface area (Å²) >= 11 is 0. The summed E-state index contributed by atoms with van der Waals surface area (Å²) in [7, 11) is 4.70. The second-order valence-corrected chi connectivity index (χ2v) is 9.43. The van der Waals surface area contributed by atoms with Gasteiger partial charge in [0.15, 0.2) is 0 Å². The molecule has 0 atom stereocenters. The minimum Gasteiger partial charge on any atom is -0.497 e. The molecule has 4 rings (SSSR count). The van der Waals surface area contributed by atoms with Crippen molar-refractivity contribution in [2.75, 3.05) is 39.3 Å². The molecule has 0 aliphatic carbocycles. The molecule has 2 aromatic heterocycles. The minimum atomic E-state index is -0.222. The molecular formula is C29H36N6O4. The van der Waals surface area contributed by atoms with Crippen molar-refractivity contribution in [1.29, 1.82) is 0 Å². The van der Waals surface area contributed by atoms with Gasteiger partial charge in [0.05, 0.1) is 50.5 Å². The van der Waals surface area contributed by atoms with Gasteiger partial charge in [-0.15, -0.1) is 0 Å². The van der Waals surface area contributed by atoms with Gasteiger partial charge in [0.25, 0.3) is 0 Å². The van der Waals surface area contributed by atoms with Crippen LogP contribution in [0.1, 0.15) is 26.7 Å². The zero-order valence-electron chi connectivity index (χ0n) is 23.2. The van der Waals surface area contributed by atoms with Crippen LogP contribution in [-0.4, -0.2) is 66.2 Å². The lowest BCUT2D eigenvalue weighted by atomic mass is 10.2. The Hall–Kier alpha value is -4.18. The first kappa shape index (κ1) is 27.8. The average Bonchev–Trinajstić information content (AvgIpc) is 3.43. The molecule has 0 radical (unpaired) electrons. The van der Waals surface area contributed by atoms with Gasteiger partial charge in [-0.25, -0.2) is 4.98 Å². The van der Waals surface area contributed by atoms with Crippen LogP contribution in [0.15, 0.2) is 55.0 Å². The van der Waals surface area contributed by atoms with E-state index in [0.29, 0.717) is 25.4 Å². The van der Waals surface area contributed by atoms with Crippen molar-refractivity contribution >= 4 is 28.4 Å². The number of nitrogens with zero attached hydrogens (tertiary/aromatic N) is 5. The maximum atomic E-state index is 11.4. The highest BCUT2D eigenvalue weighted by Gasteiger charge is 2.15. The highest BCUT2D eigenvalue weighted by atomic mass is 16.5. The van der Waals surface area contributed by atoms with E-state index in [4.69, 9.17) is 19.2 Å². The Bertz CT molecular complexity index is 1380. The van der Waals surface area contributed by atoms with E-state index in [9.17, 15) is 4.79 Å². The lowest BCUT2D eigenvalue weighted by Gasteiger charge is -2.27. The van der Waals surface area contributed by atoms with Gasteiger partial charge in [-0.3, -0.25) is 14.5 Å². The number of hydrogen-bond acceptors (Lipinski definition) is 9. The van der Waals surface area contributed by atoms with Gasteiger partial charge in [-0.05, 0) is 24.6 Å². The van der Waals surface area contributed by atoms with E-state index in [1.54, 1.807) is 31.3 Å². The molecule has 0 aliphatic heterocycles. The fourth-order valence-corrected chi connectivity index (χ4v) is 4.23. The number of nitrogens with one attached hydrogen (secondary N) is 1. The molecule has 0 fully saturated rings. The Labute approximate surface area is 228 Å². The zero-order valence-corrected chi connectivity index (χ0v) is 23.2. The molecule has 4 aromatic rings. The van der Waals surface area contributed by atoms with E-state index >= 15 is 0 Å². The summed E-state index contributed by atoms with van der Waals surface area (Å²) in [5.41, 5.74) is 5.11. The second-order valence-electron chi connectivity index (χ2n) is 9.43. The summed E-state index contributed by atoms with van der Waals surface area (Å²) in [5.74, 6) is 1.22. The van der Waals surface area contributed by atoms with Crippen LogP contribution in [0.2, 0.25) is 0 Å². The highest BCUT2D eigenvalue weighted by molar-refractivity contribution is 5.82. The Kier molecular flexibility index (Phi) is 9.32. The van der Waals surface area contributed by atoms with Gasteiger partial charge in [-0.2, -0.15) is 5.10 Å². The van der Waals surface area contributed by atoms with Crippen molar-refractivity contribution in [3.05, 3.63) is 55.0 Å². The fourth-order valence-electron chi connectivity index (χ4n) is 4.23. The number of methoxy groups -OCH3 is 3. The number of benzene rings is 2. The van der Waals surface area contributed by atoms with Crippen LogP contribution in [-0.2, 0) is 16.1 Å². The number of rotatable bonds is 13. The molecule has 0 saturated heterocycles. The lowest BCUT2D eigenvalue weighted by Crippen LogP contribution is -2.32. The molecule has 2 heterocycles. The minimum absolute atomic E-state index is 0.222. The smallest absolute Gasteiger partial charge is 0.305 e. The Balaban J connectivity index is 1.63. The van der Waals surface area contributed by atoms with Gasteiger partial charge in [0.2, 0.25) is 0 Å². The van der Waals surface area contributed by atoms with Gasteiger partial charge < -0.3 is 24.4 Å². The molecule has 0 spiro atoms. The van der Waals surface area contributed by atoms with Gasteiger partial charge in [0.1, 0.15) is 11.5 Å². The summed E-state index contributed by atoms with van der Waals surface area (Å²) in [6.07, 6.45) is 6.45. The number of anilines is 2. The summed E-state index contributed by atoms with van der Waals surface area (Å²) in [4.78, 5) is 23.2. The van der Waals surface area contributed by atoms with Gasteiger partial charge in [0, 0.05) is 73.4 Å². The molecule has 206 valence electrons. The molecule has 0 unspecified atom stereocenters. The summed E-state index contributed by atoms with van der Waals surface area (Å²) < 4.78 is 17.6. The SMILES string of the molecule is COC(=O)CCCn1cc(-c2cnc3ccc(N(CCNC(C)C)c4cc(OC)cc(OC)c4)cc3n2)cn1. The first-order chi connectivity index (χ1) is 18.9. The van der Waals surface area contributed by atoms with Crippen molar-refractivity contribution in [2.24, 2.45) is 0 Å². The normalized spacial score (nSPS) is 11.1. The van der Waals surface area contributed by atoms with Crippen LogP contribution >= 0.6 is 0 Å². The molecule has 10 heteroatoms. The average molecular weight is 533 g/mol. The molecule has 2 aromatic carbocycles. The molecule has 0 amide bonds. The van der Waals surface area contributed by atoms with E-state index in [1.807, 2.05) is 36.5 Å². The molecule has 10 nitrogen and oxygen atoms in total. The van der Waals surface area contributed by atoms with Crippen molar-refractivity contribution < 1.29 is 19.0 Å². The predicted molar refractivity (Wildman–Crippen MR) is 152 cm³/mol. The Morgan fingerprint density at radius 1 is 1.00 bits per heavy atom. The zero-order chi connectivity index (χ0) is 27.8. The van der Waals surface area contributed by atoms with Crippen LogP contribution in [0.25, 0.3) is 22.3 Å². The van der Waals surface area contributed by atoms with E-state index < -0.39 is 0 Å². The maximum Gasteiger partial charge on any atom is 0.305 e. The number of carbonyl (C=O) groups is 1. The van der Waals surface area contributed by atoms with Crippen LogP contribution in [0.4, 0.5) is 11.4 Å². The molecule has 0 saturated carbocycles. The molecule has 39 heavy (non-hydrogen) atoms. The van der Waals surface area contributed by atoms with Gasteiger partial charge in [-0.1, -0.05) is 13.8 Å². The fraction of sp³-hybridized carbons (Fsp3) is 0.379. The van der Waals surface area contributed by atoms with Gasteiger partial charge >= 0.3 is 5.97 Å². The monoisotopic (exact) mass is 532 g/mol. The maximum absolute atomic E-state index is 11.4. The van der Waals surface area contributed by atoms with Crippen LogP contribution in [0.5, 0.6) is 11.5 Å². The number of esters is 1. The number of carbonyl (C=O) groups excluding carboxylic acids is 1. The third kappa shape index (κ3) is 7.23. The lowest BCUT2D eigenvalue weighted by molar-refractivity contribution is -0.140. The summed E-state index contributed by atoms with van der Waals surface area (Å²) in [5, 5.41) is 7.92. The third-order valence-electron chi connectivity index (χ3n) is 6.30. The van der Waals surface area contributed by atoms with Crippen LogP contribution < -0.4 is 19.7 Å². The van der Waals surface area contributed by atoms with E-state index in [1.165, 1.54) is 7.11 Å². The molecular weight excluding hydrogens is 496 g/mol. The first-order valence-electron chi connectivity index (χ1n) is 13.0. The second kappa shape index (κ2) is 13.1. The Morgan fingerprint density at radius 3 is 2.46 bits per heavy atom. The van der Waals surface area contributed by atoms with E-state index in [0.717, 1.165) is 58.3 Å². The standard InChI is InChI=1S/C29H36N6O4/c1-20(2)30-10-12-35(23-13-24(37-3)16-25(14-23)38-4)22-8-9-26-27(15-22)33-28(18-31-26)21-17-32-34(19-21)11-6-7-29(36)39-5/h8-9,13-20,30H,6-7,10-12H2,1-5H3. The number of aryl methyl sites for hydroxylation is 1. The van der Waals surface area contributed by atoms with Crippen molar-refractivity contribution in [2.45, 2.75) is 39.3 Å². The number of hydrogen-bond donors (Lipinski definition) is 1. The number of aromatic nitrogens is 4. The van der Waals surface area contributed by atoms with Crippen LogP contribution in [0.3, 0.4) is 0 Å². The molecule has 0 aliphatic rings. The number of ether oxygens (including phenoxy) is 3. The first-order valence-corrected chi connectivity index (χ1v) is 13.0. The highest BCUT2D eigenvalue weighted by Crippen LogP contribution is 2.34. The third-order valence-corrected chi connectivity index (χ3v) is 6.30. The van der Waals surface area contributed by atoms with Crippen LogP contribution in [0, 0.1) is 0 Å². The predicted octanol–water partition coefficient (Wildman–Crippen LogP) is 4.60. The number of fused-ring (bicyclic) bond motifs is 1. The largest absolute Gasteiger partial charge is 0.497 e. The summed E-state index contributed by atoms with van der Waals surface area (Å²) in [6.45, 7) is 6.39. The quantitative estimate of drug-likeness (QED) is 0.247. The van der Waals surface area contributed by atoms with E-state index in [-0.39, 0.29) is 5.97 Å². The summed E-state index contributed by atoms with van der Waals surface area (Å²) in [6, 6.07) is 12.3. The molecule has 1 N–H and O–H groups in total. The molecule has 0 bridgehead atoms. The van der Waals surface area contributed by atoms with Crippen molar-refractivity contribution in [1.82, 2.24) is 25.1 Å². The van der Waals surface area contributed by atoms with Crippen molar-refractivity contribution in [3.63, 3.8) is 0 Å². The Morgan fingerprint density at radius 2 is 1.77 bits per heavy atom. The topological polar surface area (TPSA) is 104 Å².